The van der Waals surface area contributed by atoms with Crippen molar-refractivity contribution >= 4 is 13.1 Å². The number of carboxylic acid groups (broad SMARTS) is 1. The van der Waals surface area contributed by atoms with Crippen LogP contribution in [0.15, 0.2) is 0 Å². The summed E-state index contributed by atoms with van der Waals surface area (Å²) < 4.78 is 0. The van der Waals surface area contributed by atoms with Gasteiger partial charge in [0.2, 0.25) is 0 Å². The van der Waals surface area contributed by atoms with Crippen LogP contribution in [0.1, 0.15) is 32.1 Å². The molecule has 0 heterocycles. The number of aliphatic hydroxyl groups is 1. The number of hydrogen-bond donors (Lipinski definition) is 5. The van der Waals surface area contributed by atoms with Crippen molar-refractivity contribution in [3.8, 4) is 0 Å². The zero-order valence-electron chi connectivity index (χ0n) is 9.75. The molecule has 0 aliphatic heterocycles. The molecule has 1 aliphatic rings. The minimum Gasteiger partial charge on any atom is -0.481 e. The zero-order valence-corrected chi connectivity index (χ0v) is 9.75. The molecule has 0 bridgehead atoms. The Morgan fingerprint density at radius 2 is 2.06 bits per heavy atom. The molecule has 6 nitrogen and oxygen atoms in total. The molecule has 0 saturated heterocycles. The van der Waals surface area contributed by atoms with Gasteiger partial charge in [0, 0.05) is 0 Å². The van der Waals surface area contributed by atoms with Crippen molar-refractivity contribution in [1.29, 1.82) is 0 Å². The lowest BCUT2D eigenvalue weighted by Gasteiger charge is -2.41. The maximum atomic E-state index is 10.7. The fraction of sp³-hybridized carbons (Fsp3) is 0.900. The van der Waals surface area contributed by atoms with Crippen LogP contribution in [-0.2, 0) is 4.79 Å². The molecule has 0 amide bonds. The van der Waals surface area contributed by atoms with Gasteiger partial charge < -0.3 is 26.0 Å². The van der Waals surface area contributed by atoms with Gasteiger partial charge in [0.25, 0.3) is 0 Å². The van der Waals surface area contributed by atoms with E-state index in [9.17, 15) is 9.90 Å². The summed E-state index contributed by atoms with van der Waals surface area (Å²) in [7, 11) is -1.34. The van der Waals surface area contributed by atoms with Crippen molar-refractivity contribution in [2.75, 3.05) is 0 Å². The lowest BCUT2D eigenvalue weighted by molar-refractivity contribution is -0.140. The Balaban J connectivity index is 2.55. The Bertz CT molecular complexity index is 275. The van der Waals surface area contributed by atoms with Crippen molar-refractivity contribution in [3.05, 3.63) is 0 Å². The number of aliphatic carboxylic acids is 1. The van der Waals surface area contributed by atoms with Crippen LogP contribution in [0.25, 0.3) is 0 Å². The molecule has 0 unspecified atom stereocenters. The minimum absolute atomic E-state index is 0.143. The molecule has 1 aliphatic carbocycles. The zero-order chi connectivity index (χ0) is 13.1. The van der Waals surface area contributed by atoms with Crippen molar-refractivity contribution < 1.29 is 25.1 Å². The van der Waals surface area contributed by atoms with E-state index in [0.717, 1.165) is 6.42 Å². The molecule has 6 N–H and O–H groups in total. The van der Waals surface area contributed by atoms with Crippen molar-refractivity contribution in [2.24, 2.45) is 11.7 Å². The van der Waals surface area contributed by atoms with Gasteiger partial charge in [-0.25, -0.2) is 0 Å². The summed E-state index contributed by atoms with van der Waals surface area (Å²) in [4.78, 5) is 10.7. The highest BCUT2D eigenvalue weighted by Gasteiger charge is 2.41. The first-order valence-electron chi connectivity index (χ1n) is 5.88. The Morgan fingerprint density at radius 1 is 1.41 bits per heavy atom. The van der Waals surface area contributed by atoms with Gasteiger partial charge in [-0.15, -0.1) is 0 Å². The first-order valence-corrected chi connectivity index (χ1v) is 5.88. The smallest absolute Gasteiger partial charge is 0.451 e. The van der Waals surface area contributed by atoms with Crippen molar-refractivity contribution in [3.63, 3.8) is 0 Å². The van der Waals surface area contributed by atoms with E-state index in [0.29, 0.717) is 19.3 Å². The summed E-state index contributed by atoms with van der Waals surface area (Å²) in [6.45, 7) is 0. The predicted octanol–water partition coefficient (Wildman–Crippen LogP) is -0.818. The number of nitrogens with two attached hydrogens (primary N) is 1. The molecular formula is C10H20BNO5. The fourth-order valence-corrected chi connectivity index (χ4v) is 2.56. The highest BCUT2D eigenvalue weighted by molar-refractivity contribution is 6.40. The Kier molecular flexibility index (Phi) is 4.94. The van der Waals surface area contributed by atoms with E-state index >= 15 is 0 Å². The molecule has 1 rings (SSSR count). The Labute approximate surface area is 101 Å². The number of rotatable bonds is 5. The van der Waals surface area contributed by atoms with Crippen LogP contribution < -0.4 is 5.73 Å². The molecule has 1 fully saturated rings. The van der Waals surface area contributed by atoms with Crippen LogP contribution in [0.5, 0.6) is 0 Å². The third-order valence-corrected chi connectivity index (χ3v) is 3.49. The standard InChI is InChI=1S/C10H20BNO5/c12-10(6-9(14)15)5-7(1-2-8(10)13)3-4-11(16)17/h7-8,13,16-17H,1-6,12H2,(H,14,15)/t7-,8-,10+/m0/s1. The van der Waals surface area contributed by atoms with Crippen LogP contribution in [0.4, 0.5) is 0 Å². The third kappa shape index (κ3) is 4.27. The monoisotopic (exact) mass is 245 g/mol. The van der Waals surface area contributed by atoms with Crippen LogP contribution in [0.3, 0.4) is 0 Å². The van der Waals surface area contributed by atoms with Crippen LogP contribution in [-0.4, -0.2) is 45.0 Å². The summed E-state index contributed by atoms with van der Waals surface area (Å²) in [5.41, 5.74) is 4.86. The van der Waals surface area contributed by atoms with E-state index in [1.807, 2.05) is 0 Å². The quantitative estimate of drug-likeness (QED) is 0.403. The fourth-order valence-electron chi connectivity index (χ4n) is 2.56. The molecule has 17 heavy (non-hydrogen) atoms. The first kappa shape index (κ1) is 14.4. The van der Waals surface area contributed by atoms with E-state index < -0.39 is 24.7 Å². The number of aliphatic hydroxyl groups excluding tert-OH is 1. The summed E-state index contributed by atoms with van der Waals surface area (Å²) in [5, 5.41) is 36.1. The highest BCUT2D eigenvalue weighted by Crippen LogP contribution is 2.35. The van der Waals surface area contributed by atoms with Crippen LogP contribution in [0, 0.1) is 5.92 Å². The Hall–Kier alpha value is -0.625. The van der Waals surface area contributed by atoms with Gasteiger partial charge in [0.15, 0.2) is 0 Å². The average molecular weight is 245 g/mol. The molecule has 0 aromatic carbocycles. The van der Waals surface area contributed by atoms with Crippen molar-refractivity contribution in [1.82, 2.24) is 0 Å². The summed E-state index contributed by atoms with van der Waals surface area (Å²) >= 11 is 0. The number of carbonyl (C=O) groups is 1. The van der Waals surface area contributed by atoms with Gasteiger partial charge in [-0.1, -0.05) is 6.42 Å². The number of hydrogen-bond acceptors (Lipinski definition) is 5. The van der Waals surface area contributed by atoms with E-state index in [1.54, 1.807) is 0 Å². The third-order valence-electron chi connectivity index (χ3n) is 3.49. The maximum absolute atomic E-state index is 10.7. The molecule has 0 radical (unpaired) electrons. The summed E-state index contributed by atoms with van der Waals surface area (Å²) in [5.74, 6) is -0.876. The molecular weight excluding hydrogens is 225 g/mol. The predicted molar refractivity (Wildman–Crippen MR) is 62.1 cm³/mol. The summed E-state index contributed by atoms with van der Waals surface area (Å²) in [6.07, 6.45) is 1.41. The number of carboxylic acids is 1. The second-order valence-corrected chi connectivity index (χ2v) is 5.02. The van der Waals surface area contributed by atoms with E-state index in [1.165, 1.54) is 0 Å². The lowest BCUT2D eigenvalue weighted by Crippen LogP contribution is -2.56. The van der Waals surface area contributed by atoms with Gasteiger partial charge in [0.05, 0.1) is 18.1 Å². The lowest BCUT2D eigenvalue weighted by atomic mass is 9.69. The average Bonchev–Trinajstić information content (AvgIpc) is 2.19. The van der Waals surface area contributed by atoms with Gasteiger partial charge in [-0.3, -0.25) is 4.79 Å². The van der Waals surface area contributed by atoms with Crippen LogP contribution >= 0.6 is 0 Å². The molecule has 3 atom stereocenters. The molecule has 1 saturated carbocycles. The molecule has 7 heteroatoms. The van der Waals surface area contributed by atoms with E-state index in [4.69, 9.17) is 20.9 Å². The Morgan fingerprint density at radius 3 is 2.59 bits per heavy atom. The topological polar surface area (TPSA) is 124 Å². The molecule has 0 spiro atoms. The summed E-state index contributed by atoms with van der Waals surface area (Å²) in [6, 6.07) is 0. The normalized spacial score (nSPS) is 33.4. The minimum atomic E-state index is -1.34. The van der Waals surface area contributed by atoms with Crippen LogP contribution in [0.2, 0.25) is 6.32 Å². The second kappa shape index (κ2) is 5.81. The van der Waals surface area contributed by atoms with Gasteiger partial charge in [-0.05, 0) is 31.5 Å². The van der Waals surface area contributed by atoms with Gasteiger partial charge >= 0.3 is 13.1 Å². The molecule has 0 aromatic rings. The molecule has 98 valence electrons. The maximum Gasteiger partial charge on any atom is 0.451 e. The molecule has 0 aromatic heterocycles. The second-order valence-electron chi connectivity index (χ2n) is 5.02. The first-order chi connectivity index (χ1) is 7.83. The van der Waals surface area contributed by atoms with Gasteiger partial charge in [-0.2, -0.15) is 0 Å². The van der Waals surface area contributed by atoms with E-state index in [2.05, 4.69) is 0 Å². The highest BCUT2D eigenvalue weighted by atomic mass is 16.4. The van der Waals surface area contributed by atoms with Crippen molar-refractivity contribution in [2.45, 2.75) is 50.1 Å². The SMILES string of the molecule is N[C@@]1(CC(=O)O)C[C@H](CCB(O)O)CC[C@@H]1O. The van der Waals surface area contributed by atoms with Gasteiger partial charge in [0.1, 0.15) is 0 Å². The largest absolute Gasteiger partial charge is 0.481 e. The van der Waals surface area contributed by atoms with E-state index in [-0.39, 0.29) is 18.7 Å².